The fraction of sp³-hybridized carbons (Fsp3) is 0.111. The first-order chi connectivity index (χ1) is 11.5. The van der Waals surface area contributed by atoms with E-state index in [0.717, 1.165) is 4.46 Å². The molecule has 122 valence electrons. The van der Waals surface area contributed by atoms with E-state index in [1.807, 2.05) is 37.3 Å². The van der Waals surface area contributed by atoms with Gasteiger partial charge in [-0.15, -0.1) is 0 Å². The fourth-order valence-electron chi connectivity index (χ4n) is 2.26. The Bertz CT molecular complexity index is 853. The summed E-state index contributed by atoms with van der Waals surface area (Å²) in [6.07, 6.45) is 1.57. The van der Waals surface area contributed by atoms with E-state index in [2.05, 4.69) is 4.98 Å². The topological polar surface area (TPSA) is 30.0 Å². The number of rotatable bonds is 5. The number of thiazole rings is 1. The van der Waals surface area contributed by atoms with Gasteiger partial charge in [-0.1, -0.05) is 0 Å². The quantitative estimate of drug-likeness (QED) is 0.456. The number of halogens is 2. The third-order valence-electron chi connectivity index (χ3n) is 3.49. The first kappa shape index (κ1) is 17.3. The molecule has 0 saturated carbocycles. The predicted molar refractivity (Wildman–Crippen MR) is 97.0 cm³/mol. The molecule has 3 rings (SSSR count). The monoisotopic (exact) mass is 425 g/mol. The van der Waals surface area contributed by atoms with Crippen LogP contribution in [0.3, 0.4) is 0 Å². The number of benzene rings is 2. The molecule has 0 radical (unpaired) electrons. The van der Waals surface area contributed by atoms with E-state index in [4.69, 9.17) is 11.6 Å². The van der Waals surface area contributed by atoms with E-state index in [1.54, 1.807) is 6.20 Å². The number of carbonyl (C=O) groups excluding carboxylic acids is 1. The van der Waals surface area contributed by atoms with E-state index in [9.17, 15) is 9.18 Å². The van der Waals surface area contributed by atoms with Gasteiger partial charge in [0.1, 0.15) is 0 Å². The van der Waals surface area contributed by atoms with Crippen LogP contribution in [0.1, 0.15) is 22.3 Å². The zero-order valence-electron chi connectivity index (χ0n) is 12.7. The van der Waals surface area contributed by atoms with Crippen LogP contribution in [0.2, 0.25) is 4.34 Å². The average Bonchev–Trinajstić information content (AvgIpc) is 3.03. The van der Waals surface area contributed by atoms with E-state index in [-0.39, 0.29) is 26.6 Å². The van der Waals surface area contributed by atoms with Gasteiger partial charge in [-0.3, -0.25) is 0 Å². The van der Waals surface area contributed by atoms with Crippen molar-refractivity contribution in [2.45, 2.75) is 11.2 Å². The summed E-state index contributed by atoms with van der Waals surface area (Å²) >= 11 is 7.16. The average molecular weight is 425 g/mol. The van der Waals surface area contributed by atoms with Crippen molar-refractivity contribution in [1.29, 1.82) is 0 Å². The second kappa shape index (κ2) is 7.16. The Morgan fingerprint density at radius 1 is 1.17 bits per heavy atom. The van der Waals surface area contributed by atoms with Crippen LogP contribution in [0.25, 0.3) is 0 Å². The fourth-order valence-corrected chi connectivity index (χ4v) is 6.03. The molecule has 0 bridgehead atoms. The van der Waals surface area contributed by atoms with Gasteiger partial charge in [-0.2, -0.15) is 0 Å². The molecule has 0 amide bonds. The van der Waals surface area contributed by atoms with Crippen LogP contribution in [0.15, 0.2) is 60.8 Å². The van der Waals surface area contributed by atoms with Crippen LogP contribution < -0.4 is 4.46 Å². The summed E-state index contributed by atoms with van der Waals surface area (Å²) in [5, 5.41) is 0.686. The first-order valence-corrected chi connectivity index (χ1v) is 10.1. The van der Waals surface area contributed by atoms with Gasteiger partial charge in [0.2, 0.25) is 0 Å². The van der Waals surface area contributed by atoms with Crippen LogP contribution in [0, 0.1) is 5.82 Å². The normalized spacial score (nSPS) is 13.5. The van der Waals surface area contributed by atoms with Crippen LogP contribution in [-0.4, -0.2) is 25.7 Å². The molecular formula is C18H13ClFNOSSe. The number of hydrogen-bond donors (Lipinski definition) is 0. The van der Waals surface area contributed by atoms with Gasteiger partial charge in [0.15, 0.2) is 0 Å². The number of Topliss-reactive ketones (excluding diaryl/α,β-unsaturated/α-hetero) is 1. The van der Waals surface area contributed by atoms with Crippen molar-refractivity contribution in [2.75, 3.05) is 0 Å². The molecule has 3 aromatic rings. The SMILES string of the molecule is CC([Se]c1ccccc1)(C(=O)c1ccc(F)cc1)c1ncc(Cl)s1. The summed E-state index contributed by atoms with van der Waals surface area (Å²) in [4.78, 5) is 17.6. The molecule has 1 aromatic heterocycles. The zero-order chi connectivity index (χ0) is 17.2. The Balaban J connectivity index is 2.04. The van der Waals surface area contributed by atoms with E-state index in [0.29, 0.717) is 14.9 Å². The van der Waals surface area contributed by atoms with Crippen molar-refractivity contribution in [3.8, 4) is 0 Å². The maximum absolute atomic E-state index is 13.2. The Hall–Kier alpha value is -1.52. The molecule has 1 heterocycles. The maximum atomic E-state index is 13.2. The molecular weight excluding hydrogens is 412 g/mol. The third-order valence-corrected chi connectivity index (χ3v) is 7.84. The third kappa shape index (κ3) is 3.60. The van der Waals surface area contributed by atoms with E-state index < -0.39 is 4.31 Å². The van der Waals surface area contributed by atoms with E-state index in [1.165, 1.54) is 35.6 Å². The van der Waals surface area contributed by atoms with Crippen LogP contribution in [0.5, 0.6) is 0 Å². The van der Waals surface area contributed by atoms with Crippen molar-refractivity contribution in [3.05, 3.63) is 81.5 Å². The van der Waals surface area contributed by atoms with Crippen molar-refractivity contribution in [3.63, 3.8) is 0 Å². The number of hydrogen-bond acceptors (Lipinski definition) is 3. The molecule has 0 spiro atoms. The second-order valence-corrected chi connectivity index (χ2v) is 10.0. The summed E-state index contributed by atoms with van der Waals surface area (Å²) in [6.45, 7) is 1.89. The number of nitrogens with zero attached hydrogens (tertiary/aromatic N) is 1. The van der Waals surface area contributed by atoms with Gasteiger partial charge in [0, 0.05) is 0 Å². The molecule has 0 N–H and O–H groups in total. The summed E-state index contributed by atoms with van der Waals surface area (Å²) < 4.78 is 14.0. The molecule has 0 saturated heterocycles. The van der Waals surface area contributed by atoms with Crippen LogP contribution >= 0.6 is 22.9 Å². The van der Waals surface area contributed by atoms with Gasteiger partial charge >= 0.3 is 155 Å². The predicted octanol–water partition coefficient (Wildman–Crippen LogP) is 4.06. The van der Waals surface area contributed by atoms with Gasteiger partial charge < -0.3 is 0 Å². The second-order valence-electron chi connectivity index (χ2n) is 5.25. The summed E-state index contributed by atoms with van der Waals surface area (Å²) in [7, 11) is 0. The number of aromatic nitrogens is 1. The van der Waals surface area contributed by atoms with Crippen LogP contribution in [0.4, 0.5) is 4.39 Å². The Kier molecular flexibility index (Phi) is 5.16. The van der Waals surface area contributed by atoms with Crippen molar-refractivity contribution >= 4 is 48.1 Å². The molecule has 0 aliphatic carbocycles. The number of carbonyl (C=O) groups is 1. The van der Waals surface area contributed by atoms with Gasteiger partial charge in [0.05, 0.1) is 0 Å². The molecule has 2 nitrogen and oxygen atoms in total. The Morgan fingerprint density at radius 3 is 2.42 bits per heavy atom. The van der Waals surface area contributed by atoms with Gasteiger partial charge in [-0.05, 0) is 0 Å². The Labute approximate surface area is 154 Å². The molecule has 1 unspecified atom stereocenters. The first-order valence-electron chi connectivity index (χ1n) is 7.15. The molecule has 1 atom stereocenters. The Morgan fingerprint density at radius 2 is 1.83 bits per heavy atom. The van der Waals surface area contributed by atoms with E-state index >= 15 is 0 Å². The standard InChI is InChI=1S/C18H13ClFNOSSe/c1-18(17-21-11-15(19)23-17,24-14-5-3-2-4-6-14)16(22)12-7-9-13(20)10-8-12/h2-11H,1H3. The summed E-state index contributed by atoms with van der Waals surface area (Å²) in [5.74, 6) is -0.434. The molecule has 0 aliphatic rings. The molecule has 0 fully saturated rings. The minimum absolute atomic E-state index is 0.0719. The summed E-state index contributed by atoms with van der Waals surface area (Å²) in [6, 6.07) is 15.5. The van der Waals surface area contributed by atoms with Gasteiger partial charge in [-0.25, -0.2) is 0 Å². The summed E-state index contributed by atoms with van der Waals surface area (Å²) in [5.41, 5.74) is 0.475. The molecule has 24 heavy (non-hydrogen) atoms. The van der Waals surface area contributed by atoms with Crippen molar-refractivity contribution in [1.82, 2.24) is 4.98 Å². The molecule has 2 aromatic carbocycles. The molecule has 0 aliphatic heterocycles. The van der Waals surface area contributed by atoms with Crippen molar-refractivity contribution in [2.24, 2.45) is 0 Å². The van der Waals surface area contributed by atoms with Gasteiger partial charge in [0.25, 0.3) is 0 Å². The molecule has 6 heteroatoms. The zero-order valence-corrected chi connectivity index (χ0v) is 16.0. The van der Waals surface area contributed by atoms with Crippen molar-refractivity contribution < 1.29 is 9.18 Å². The van der Waals surface area contributed by atoms with Crippen LogP contribution in [-0.2, 0) is 4.31 Å². The number of ketones is 1. The minimum atomic E-state index is -0.802.